The van der Waals surface area contributed by atoms with Gasteiger partial charge < -0.3 is 10.2 Å². The molecule has 3 heterocycles. The van der Waals surface area contributed by atoms with Gasteiger partial charge in [0.2, 0.25) is 0 Å². The highest BCUT2D eigenvalue weighted by Crippen LogP contribution is 2.44. The van der Waals surface area contributed by atoms with Gasteiger partial charge in [0.15, 0.2) is 11.7 Å². The fourth-order valence-corrected chi connectivity index (χ4v) is 6.16. The summed E-state index contributed by atoms with van der Waals surface area (Å²) in [6, 6.07) is 24.0. The predicted molar refractivity (Wildman–Crippen MR) is 157 cm³/mol. The van der Waals surface area contributed by atoms with Crippen molar-refractivity contribution in [2.24, 2.45) is 0 Å². The molecule has 1 amide bonds. The van der Waals surface area contributed by atoms with Crippen molar-refractivity contribution in [3.63, 3.8) is 0 Å². The molecule has 4 aromatic rings. The average molecular weight is 614 g/mol. The molecule has 0 unspecified atom stereocenters. The van der Waals surface area contributed by atoms with E-state index in [4.69, 9.17) is 23.2 Å². The second-order valence-electron chi connectivity index (χ2n) is 10.6. The molecule has 0 radical (unpaired) electrons. The lowest BCUT2D eigenvalue weighted by Gasteiger charge is -2.39. The Balaban J connectivity index is 1.21. The summed E-state index contributed by atoms with van der Waals surface area (Å²) in [5.41, 5.74) is 2.87. The van der Waals surface area contributed by atoms with Crippen LogP contribution in [0.2, 0.25) is 10.0 Å². The molecule has 2 atom stereocenters. The minimum atomic E-state index is -4.56. The summed E-state index contributed by atoms with van der Waals surface area (Å²) in [6.45, 7) is 2.08. The molecule has 0 aliphatic carbocycles. The first-order valence-corrected chi connectivity index (χ1v) is 14.5. The van der Waals surface area contributed by atoms with Crippen LogP contribution in [0.3, 0.4) is 0 Å². The second kappa shape index (κ2) is 11.6. The van der Waals surface area contributed by atoms with Gasteiger partial charge >= 0.3 is 6.18 Å². The molecule has 2 aliphatic rings. The number of nitrogens with zero attached hydrogens (tertiary/aromatic N) is 4. The number of halogens is 5. The lowest BCUT2D eigenvalue weighted by Crippen LogP contribution is -2.50. The van der Waals surface area contributed by atoms with Gasteiger partial charge in [0.05, 0.1) is 22.1 Å². The number of benzene rings is 3. The maximum absolute atomic E-state index is 14.2. The molecular formula is C31H28Cl2F3N5O. The number of hydrogen-bond donors (Lipinski definition) is 1. The average Bonchev–Trinajstić information content (AvgIpc) is 3.43. The van der Waals surface area contributed by atoms with Gasteiger partial charge in [-0.05, 0) is 28.8 Å². The van der Waals surface area contributed by atoms with Crippen molar-refractivity contribution in [2.45, 2.75) is 30.7 Å². The number of fused-ring (bicyclic) bond motifs is 1. The van der Waals surface area contributed by atoms with Crippen molar-refractivity contribution in [3.05, 3.63) is 117 Å². The summed E-state index contributed by atoms with van der Waals surface area (Å²) in [5, 5.41) is 7.86. The maximum atomic E-state index is 14.2. The SMILES string of the molecule is O=C(c1cc2n(n1)[C@H](C(F)(F)F)C[C@H](c1ccc(Cl)c(Cl)c1)N2)N1CCN(C(c2ccccc2)c2ccccc2)CC1. The van der Waals surface area contributed by atoms with Gasteiger partial charge in [0, 0.05) is 38.7 Å². The van der Waals surface area contributed by atoms with Crippen LogP contribution in [0.25, 0.3) is 0 Å². The van der Waals surface area contributed by atoms with E-state index in [1.165, 1.54) is 6.07 Å². The van der Waals surface area contributed by atoms with Crippen LogP contribution >= 0.6 is 23.2 Å². The van der Waals surface area contributed by atoms with Gasteiger partial charge in [-0.25, -0.2) is 4.68 Å². The van der Waals surface area contributed by atoms with Crippen LogP contribution in [-0.2, 0) is 0 Å². The zero-order valence-electron chi connectivity index (χ0n) is 22.4. The number of rotatable bonds is 5. The number of carbonyl (C=O) groups is 1. The smallest absolute Gasteiger partial charge is 0.363 e. The lowest BCUT2D eigenvalue weighted by molar-refractivity contribution is -0.173. The van der Waals surface area contributed by atoms with Gasteiger partial charge in [-0.15, -0.1) is 0 Å². The highest BCUT2D eigenvalue weighted by molar-refractivity contribution is 6.42. The minimum absolute atomic E-state index is 0.0161. The first-order chi connectivity index (χ1) is 20.2. The number of nitrogens with one attached hydrogen (secondary N) is 1. The molecule has 3 aromatic carbocycles. The van der Waals surface area contributed by atoms with Crippen molar-refractivity contribution in [3.8, 4) is 0 Å². The summed E-state index contributed by atoms with van der Waals surface area (Å²) in [4.78, 5) is 17.5. The maximum Gasteiger partial charge on any atom is 0.410 e. The molecule has 2 aliphatic heterocycles. The van der Waals surface area contributed by atoms with E-state index >= 15 is 0 Å². The summed E-state index contributed by atoms with van der Waals surface area (Å²) >= 11 is 12.1. The van der Waals surface area contributed by atoms with E-state index in [-0.39, 0.29) is 34.9 Å². The molecule has 6 nitrogen and oxygen atoms in total. The summed E-state index contributed by atoms with van der Waals surface area (Å²) in [7, 11) is 0. The topological polar surface area (TPSA) is 53.4 Å². The molecule has 1 N–H and O–H groups in total. The van der Waals surface area contributed by atoms with Gasteiger partial charge in [-0.3, -0.25) is 9.69 Å². The molecule has 42 heavy (non-hydrogen) atoms. The second-order valence-corrected chi connectivity index (χ2v) is 11.4. The zero-order valence-corrected chi connectivity index (χ0v) is 23.9. The van der Waals surface area contributed by atoms with Crippen LogP contribution in [0.4, 0.5) is 19.0 Å². The number of amides is 1. The minimum Gasteiger partial charge on any atom is -0.363 e. The summed E-state index contributed by atoms with van der Waals surface area (Å²) < 4.78 is 43.4. The fourth-order valence-electron chi connectivity index (χ4n) is 5.86. The Morgan fingerprint density at radius 2 is 1.48 bits per heavy atom. The number of alkyl halides is 3. The Bertz CT molecular complexity index is 1520. The van der Waals surface area contributed by atoms with Crippen molar-refractivity contribution in [2.75, 3.05) is 31.5 Å². The van der Waals surface area contributed by atoms with Gasteiger partial charge in [-0.1, -0.05) is 89.9 Å². The van der Waals surface area contributed by atoms with Crippen LogP contribution in [-0.4, -0.2) is 57.8 Å². The van der Waals surface area contributed by atoms with E-state index in [1.54, 1.807) is 23.1 Å². The van der Waals surface area contributed by atoms with E-state index in [0.29, 0.717) is 36.8 Å². The summed E-state index contributed by atoms with van der Waals surface area (Å²) in [6.07, 6.45) is -4.87. The van der Waals surface area contributed by atoms with Crippen LogP contribution in [0.15, 0.2) is 84.9 Å². The third kappa shape index (κ3) is 5.73. The Hall–Kier alpha value is -3.53. The first-order valence-electron chi connectivity index (χ1n) is 13.7. The molecule has 1 saturated heterocycles. The standard InChI is InChI=1S/C31H28Cl2F3N5O/c32-23-12-11-22(17-24(23)33)25-18-27(31(34,35)36)41-28(37-25)19-26(38-41)30(42)40-15-13-39(14-16-40)29(20-7-3-1-4-8-20)21-9-5-2-6-10-21/h1-12,17,19,25,27,29,37H,13-16,18H2/t25-,27+/m1/s1. The Labute approximate surface area is 251 Å². The molecule has 11 heteroatoms. The zero-order chi connectivity index (χ0) is 29.4. The van der Waals surface area contributed by atoms with E-state index in [1.807, 2.05) is 36.4 Å². The van der Waals surface area contributed by atoms with Crippen molar-refractivity contribution < 1.29 is 18.0 Å². The number of piperazine rings is 1. The number of carbonyl (C=O) groups excluding carboxylic acids is 1. The third-order valence-corrected chi connectivity index (χ3v) is 8.69. The largest absolute Gasteiger partial charge is 0.410 e. The number of aromatic nitrogens is 2. The molecule has 218 valence electrons. The van der Waals surface area contributed by atoms with E-state index in [2.05, 4.69) is 39.6 Å². The van der Waals surface area contributed by atoms with Crippen LogP contribution in [0, 0.1) is 0 Å². The van der Waals surface area contributed by atoms with Gasteiger partial charge in [0.25, 0.3) is 5.91 Å². The van der Waals surface area contributed by atoms with Crippen molar-refractivity contribution >= 4 is 34.9 Å². The van der Waals surface area contributed by atoms with E-state index < -0.39 is 18.3 Å². The molecule has 6 rings (SSSR count). The lowest BCUT2D eigenvalue weighted by atomic mass is 9.96. The molecule has 0 saturated carbocycles. The Morgan fingerprint density at radius 1 is 0.857 bits per heavy atom. The van der Waals surface area contributed by atoms with Crippen molar-refractivity contribution in [1.82, 2.24) is 19.6 Å². The van der Waals surface area contributed by atoms with Crippen LogP contribution in [0.5, 0.6) is 0 Å². The van der Waals surface area contributed by atoms with E-state index in [9.17, 15) is 18.0 Å². The highest BCUT2D eigenvalue weighted by Gasteiger charge is 2.47. The Morgan fingerprint density at radius 3 is 2.05 bits per heavy atom. The van der Waals surface area contributed by atoms with Crippen LogP contribution in [0.1, 0.15) is 51.7 Å². The normalized spacial score (nSPS) is 19.4. The van der Waals surface area contributed by atoms with Gasteiger partial charge in [-0.2, -0.15) is 18.3 Å². The van der Waals surface area contributed by atoms with Crippen molar-refractivity contribution in [1.29, 1.82) is 0 Å². The predicted octanol–water partition coefficient (Wildman–Crippen LogP) is 7.40. The van der Waals surface area contributed by atoms with Gasteiger partial charge in [0.1, 0.15) is 5.82 Å². The molecular weight excluding hydrogens is 586 g/mol. The monoisotopic (exact) mass is 613 g/mol. The third-order valence-electron chi connectivity index (χ3n) is 7.95. The quantitative estimate of drug-likeness (QED) is 0.255. The first kappa shape index (κ1) is 28.6. The molecule has 1 aromatic heterocycles. The fraction of sp³-hybridized carbons (Fsp3) is 0.290. The molecule has 0 spiro atoms. The Kier molecular flexibility index (Phi) is 7.91. The molecule has 0 bridgehead atoms. The summed E-state index contributed by atoms with van der Waals surface area (Å²) in [5.74, 6) is -0.254. The number of hydrogen-bond acceptors (Lipinski definition) is 4. The van der Waals surface area contributed by atoms with Crippen LogP contribution < -0.4 is 5.32 Å². The highest BCUT2D eigenvalue weighted by atomic mass is 35.5. The number of anilines is 1. The molecule has 1 fully saturated rings. The van der Waals surface area contributed by atoms with E-state index in [0.717, 1.165) is 15.8 Å².